The molecule has 2 aromatic carbocycles. The first-order valence-electron chi connectivity index (χ1n) is 7.83. The second-order valence-corrected chi connectivity index (χ2v) is 6.04. The van der Waals surface area contributed by atoms with Gasteiger partial charge in [-0.2, -0.15) is 0 Å². The van der Waals surface area contributed by atoms with E-state index in [1.54, 1.807) is 18.3 Å². The number of aryl methyl sites for hydroxylation is 1. The zero-order valence-corrected chi connectivity index (χ0v) is 14.5. The molecule has 0 aliphatic heterocycles. The number of ether oxygens (including phenoxy) is 1. The molecule has 0 aliphatic carbocycles. The van der Waals surface area contributed by atoms with Crippen LogP contribution in [0.15, 0.2) is 66.9 Å². The molecule has 4 nitrogen and oxygen atoms in total. The lowest BCUT2D eigenvalue weighted by Gasteiger charge is -2.08. The van der Waals surface area contributed by atoms with Crippen LogP contribution in [-0.4, -0.2) is 10.9 Å². The van der Waals surface area contributed by atoms with Gasteiger partial charge in [0.2, 0.25) is 5.91 Å². The molecule has 126 valence electrons. The predicted octanol–water partition coefficient (Wildman–Crippen LogP) is 5.02. The molecule has 0 unspecified atom stereocenters. The van der Waals surface area contributed by atoms with E-state index in [1.807, 2.05) is 55.5 Å². The van der Waals surface area contributed by atoms with Crippen LogP contribution in [0.4, 0.5) is 5.69 Å². The summed E-state index contributed by atoms with van der Waals surface area (Å²) in [5.74, 6) is 1.38. The summed E-state index contributed by atoms with van der Waals surface area (Å²) in [4.78, 5) is 16.0. The first-order valence-corrected chi connectivity index (χ1v) is 8.21. The Hall–Kier alpha value is -2.85. The molecule has 0 saturated carbocycles. The number of aromatic nitrogens is 1. The highest BCUT2D eigenvalue weighted by Gasteiger charge is 2.05. The van der Waals surface area contributed by atoms with Crippen molar-refractivity contribution < 1.29 is 9.53 Å². The van der Waals surface area contributed by atoms with E-state index in [2.05, 4.69) is 10.3 Å². The molecule has 0 aliphatic rings. The van der Waals surface area contributed by atoms with Crippen LogP contribution >= 0.6 is 11.6 Å². The quantitative estimate of drug-likeness (QED) is 0.656. The minimum atomic E-state index is -0.114. The number of carbonyl (C=O) groups excluding carboxylic acids is 1. The molecule has 1 N–H and O–H groups in total. The van der Waals surface area contributed by atoms with Gasteiger partial charge in [0.1, 0.15) is 16.7 Å². The van der Waals surface area contributed by atoms with Crippen molar-refractivity contribution in [3.63, 3.8) is 0 Å². The Balaban J connectivity index is 1.58. The summed E-state index contributed by atoms with van der Waals surface area (Å²) < 4.78 is 5.79. The summed E-state index contributed by atoms with van der Waals surface area (Å²) in [7, 11) is 0. The van der Waals surface area contributed by atoms with Gasteiger partial charge in [-0.1, -0.05) is 29.8 Å². The van der Waals surface area contributed by atoms with Crippen molar-refractivity contribution in [2.24, 2.45) is 0 Å². The summed E-state index contributed by atoms with van der Waals surface area (Å²) in [6.45, 7) is 2.02. The highest BCUT2D eigenvalue weighted by molar-refractivity contribution is 6.29. The fourth-order valence-electron chi connectivity index (χ4n) is 2.32. The van der Waals surface area contributed by atoms with E-state index < -0.39 is 0 Å². The summed E-state index contributed by atoms with van der Waals surface area (Å²) >= 11 is 5.74. The fraction of sp³-hybridized carbons (Fsp3) is 0.100. The van der Waals surface area contributed by atoms with Crippen LogP contribution in [0.5, 0.6) is 11.5 Å². The molecule has 0 atom stereocenters. The van der Waals surface area contributed by atoms with E-state index in [0.29, 0.717) is 16.6 Å². The number of nitrogens with one attached hydrogen (secondary N) is 1. The van der Waals surface area contributed by atoms with E-state index in [9.17, 15) is 4.79 Å². The van der Waals surface area contributed by atoms with Crippen LogP contribution in [0.2, 0.25) is 5.15 Å². The molecule has 3 rings (SSSR count). The summed E-state index contributed by atoms with van der Waals surface area (Å²) in [6.07, 6.45) is 1.84. The van der Waals surface area contributed by atoms with Gasteiger partial charge in [-0.05, 0) is 60.5 Å². The Morgan fingerprint density at radius 1 is 1.08 bits per heavy atom. The van der Waals surface area contributed by atoms with Crippen molar-refractivity contribution in [2.45, 2.75) is 13.3 Å². The average molecular weight is 353 g/mol. The monoisotopic (exact) mass is 352 g/mol. The van der Waals surface area contributed by atoms with Crippen molar-refractivity contribution in [2.75, 3.05) is 5.32 Å². The summed E-state index contributed by atoms with van der Waals surface area (Å²) in [6, 6.07) is 18.6. The SMILES string of the molecule is Cc1cccc(Oc2ccc(NC(=O)Cc3ccc(Cl)nc3)cc2)c1. The Morgan fingerprint density at radius 3 is 2.56 bits per heavy atom. The molecule has 0 spiro atoms. The standard InChI is InChI=1S/C20H17ClN2O2/c1-14-3-2-4-18(11-14)25-17-8-6-16(7-9-17)23-20(24)12-15-5-10-19(21)22-13-15/h2-11,13H,12H2,1H3,(H,23,24). The predicted molar refractivity (Wildman–Crippen MR) is 99.3 cm³/mol. The topological polar surface area (TPSA) is 51.2 Å². The first-order chi connectivity index (χ1) is 12.1. The van der Waals surface area contributed by atoms with Gasteiger partial charge in [-0.25, -0.2) is 4.98 Å². The molecule has 0 radical (unpaired) electrons. The van der Waals surface area contributed by atoms with Crippen LogP contribution in [0.3, 0.4) is 0 Å². The second kappa shape index (κ2) is 7.81. The van der Waals surface area contributed by atoms with E-state index in [0.717, 1.165) is 16.9 Å². The lowest BCUT2D eigenvalue weighted by atomic mass is 10.2. The van der Waals surface area contributed by atoms with Gasteiger partial charge in [0, 0.05) is 11.9 Å². The number of anilines is 1. The lowest BCUT2D eigenvalue weighted by Crippen LogP contribution is -2.14. The molecule has 0 bridgehead atoms. The Labute approximate surface area is 151 Å². The second-order valence-electron chi connectivity index (χ2n) is 5.66. The number of benzene rings is 2. The molecular weight excluding hydrogens is 336 g/mol. The number of halogens is 1. The van der Waals surface area contributed by atoms with Crippen molar-refractivity contribution >= 4 is 23.2 Å². The number of hydrogen-bond donors (Lipinski definition) is 1. The highest BCUT2D eigenvalue weighted by Crippen LogP contribution is 2.23. The van der Waals surface area contributed by atoms with E-state index in [-0.39, 0.29) is 12.3 Å². The number of hydrogen-bond acceptors (Lipinski definition) is 3. The third-order valence-electron chi connectivity index (χ3n) is 3.52. The van der Waals surface area contributed by atoms with Gasteiger partial charge in [-0.3, -0.25) is 4.79 Å². The molecule has 1 aromatic heterocycles. The molecular formula is C20H17ClN2O2. The zero-order chi connectivity index (χ0) is 17.6. The maximum absolute atomic E-state index is 12.1. The molecule has 0 saturated heterocycles. The van der Waals surface area contributed by atoms with E-state index in [4.69, 9.17) is 16.3 Å². The molecule has 25 heavy (non-hydrogen) atoms. The van der Waals surface area contributed by atoms with Crippen LogP contribution < -0.4 is 10.1 Å². The maximum atomic E-state index is 12.1. The minimum Gasteiger partial charge on any atom is -0.457 e. The average Bonchev–Trinajstić information content (AvgIpc) is 2.59. The molecule has 5 heteroatoms. The number of amides is 1. The van der Waals surface area contributed by atoms with Gasteiger partial charge in [0.25, 0.3) is 0 Å². The van der Waals surface area contributed by atoms with Crippen LogP contribution in [0.1, 0.15) is 11.1 Å². The third kappa shape index (κ3) is 5.06. The number of nitrogens with zero attached hydrogens (tertiary/aromatic N) is 1. The summed E-state index contributed by atoms with van der Waals surface area (Å²) in [5.41, 5.74) is 2.66. The van der Waals surface area contributed by atoms with Gasteiger partial charge < -0.3 is 10.1 Å². The normalized spacial score (nSPS) is 10.3. The smallest absolute Gasteiger partial charge is 0.228 e. The maximum Gasteiger partial charge on any atom is 0.228 e. The highest BCUT2D eigenvalue weighted by atomic mass is 35.5. The van der Waals surface area contributed by atoms with Crippen molar-refractivity contribution in [3.8, 4) is 11.5 Å². The lowest BCUT2D eigenvalue weighted by molar-refractivity contribution is -0.115. The van der Waals surface area contributed by atoms with E-state index >= 15 is 0 Å². The fourth-order valence-corrected chi connectivity index (χ4v) is 2.43. The Kier molecular flexibility index (Phi) is 5.31. The van der Waals surface area contributed by atoms with Gasteiger partial charge in [-0.15, -0.1) is 0 Å². The molecule has 3 aromatic rings. The van der Waals surface area contributed by atoms with Crippen molar-refractivity contribution in [1.82, 2.24) is 4.98 Å². The van der Waals surface area contributed by atoms with Crippen molar-refractivity contribution in [1.29, 1.82) is 0 Å². The third-order valence-corrected chi connectivity index (χ3v) is 3.74. The van der Waals surface area contributed by atoms with Gasteiger partial charge >= 0.3 is 0 Å². The number of pyridine rings is 1. The zero-order valence-electron chi connectivity index (χ0n) is 13.7. The molecule has 1 heterocycles. The van der Waals surface area contributed by atoms with Crippen molar-refractivity contribution in [3.05, 3.63) is 83.1 Å². The molecule has 0 fully saturated rings. The van der Waals surface area contributed by atoms with Gasteiger partial charge in [0.05, 0.1) is 6.42 Å². The molecule has 1 amide bonds. The summed E-state index contributed by atoms with van der Waals surface area (Å²) in [5, 5.41) is 3.26. The van der Waals surface area contributed by atoms with E-state index in [1.165, 1.54) is 0 Å². The van der Waals surface area contributed by atoms with Crippen LogP contribution in [0, 0.1) is 6.92 Å². The number of rotatable bonds is 5. The Morgan fingerprint density at radius 2 is 1.88 bits per heavy atom. The minimum absolute atomic E-state index is 0.114. The largest absolute Gasteiger partial charge is 0.457 e. The van der Waals surface area contributed by atoms with Gasteiger partial charge in [0.15, 0.2) is 0 Å². The number of carbonyl (C=O) groups is 1. The first kappa shape index (κ1) is 17.0. The van der Waals surface area contributed by atoms with Crippen LogP contribution in [-0.2, 0) is 11.2 Å². The Bertz CT molecular complexity index is 862. The van der Waals surface area contributed by atoms with Crippen LogP contribution in [0.25, 0.3) is 0 Å².